The van der Waals surface area contributed by atoms with Gasteiger partial charge >= 0.3 is 0 Å². The molecule has 0 aliphatic carbocycles. The Morgan fingerprint density at radius 3 is 2.55 bits per heavy atom. The van der Waals surface area contributed by atoms with Crippen molar-refractivity contribution in [2.45, 2.75) is 33.2 Å². The zero-order valence-electron chi connectivity index (χ0n) is 7.93. The van der Waals surface area contributed by atoms with E-state index in [1.54, 1.807) is 0 Å². The zero-order chi connectivity index (χ0) is 8.48. The first kappa shape index (κ1) is 9.01. The third-order valence-corrected chi connectivity index (χ3v) is 2.30. The predicted octanol–water partition coefficient (Wildman–Crippen LogP) is 1.07. The van der Waals surface area contributed by atoms with Crippen molar-refractivity contribution in [1.82, 2.24) is 4.90 Å². The first-order valence-corrected chi connectivity index (χ1v) is 4.47. The lowest BCUT2D eigenvalue weighted by molar-refractivity contribution is 0.279. The Balaban J connectivity index is 2.31. The van der Waals surface area contributed by atoms with E-state index in [1.165, 1.54) is 19.5 Å². The molecule has 1 heterocycles. The van der Waals surface area contributed by atoms with Crippen molar-refractivity contribution in [3.63, 3.8) is 0 Å². The van der Waals surface area contributed by atoms with Gasteiger partial charge in [-0.1, -0.05) is 13.8 Å². The molecule has 0 amide bonds. The molecule has 1 fully saturated rings. The molecule has 0 bridgehead atoms. The monoisotopic (exact) mass is 156 g/mol. The van der Waals surface area contributed by atoms with Gasteiger partial charge in [0.2, 0.25) is 0 Å². The van der Waals surface area contributed by atoms with Crippen molar-refractivity contribution in [2.24, 2.45) is 11.1 Å². The summed E-state index contributed by atoms with van der Waals surface area (Å²) in [6, 6.07) is 0.323. The highest BCUT2D eigenvalue weighted by Gasteiger charge is 2.28. The molecule has 1 aliphatic heterocycles. The number of nitrogens with two attached hydrogens (primary N) is 1. The van der Waals surface area contributed by atoms with Crippen LogP contribution in [0.4, 0.5) is 0 Å². The standard InChI is InChI=1S/C9H20N2/c1-8(10)6-11-5-4-9(2,3)7-11/h8H,4-7,10H2,1-3H3/t8-/m1/s1. The van der Waals surface area contributed by atoms with Crippen LogP contribution < -0.4 is 5.73 Å². The molecule has 2 nitrogen and oxygen atoms in total. The van der Waals surface area contributed by atoms with Gasteiger partial charge in [0.15, 0.2) is 0 Å². The molecule has 0 aromatic carbocycles. The first-order valence-electron chi connectivity index (χ1n) is 4.47. The second kappa shape index (κ2) is 3.11. The fourth-order valence-electron chi connectivity index (χ4n) is 1.79. The van der Waals surface area contributed by atoms with E-state index in [0.29, 0.717) is 11.5 Å². The average molecular weight is 156 g/mol. The Morgan fingerprint density at radius 1 is 1.55 bits per heavy atom. The number of hydrogen-bond acceptors (Lipinski definition) is 2. The number of rotatable bonds is 2. The Labute approximate surface area is 69.8 Å². The van der Waals surface area contributed by atoms with E-state index in [4.69, 9.17) is 5.73 Å². The van der Waals surface area contributed by atoms with E-state index in [1.807, 2.05) is 0 Å². The van der Waals surface area contributed by atoms with Gasteiger partial charge in [0.25, 0.3) is 0 Å². The Bertz CT molecular complexity index is 130. The van der Waals surface area contributed by atoms with Crippen LogP contribution in [0.5, 0.6) is 0 Å². The molecule has 1 aliphatic rings. The molecule has 0 radical (unpaired) electrons. The van der Waals surface area contributed by atoms with Crippen molar-refractivity contribution in [2.75, 3.05) is 19.6 Å². The van der Waals surface area contributed by atoms with Crippen LogP contribution >= 0.6 is 0 Å². The van der Waals surface area contributed by atoms with Crippen LogP contribution in [0.1, 0.15) is 27.2 Å². The van der Waals surface area contributed by atoms with Crippen molar-refractivity contribution in [3.8, 4) is 0 Å². The minimum absolute atomic E-state index is 0.323. The van der Waals surface area contributed by atoms with E-state index in [-0.39, 0.29) is 0 Å². The smallest absolute Gasteiger partial charge is 0.0139 e. The summed E-state index contributed by atoms with van der Waals surface area (Å²) in [5.41, 5.74) is 6.24. The van der Waals surface area contributed by atoms with E-state index >= 15 is 0 Å². The minimum Gasteiger partial charge on any atom is -0.327 e. The summed E-state index contributed by atoms with van der Waals surface area (Å²) in [4.78, 5) is 2.46. The van der Waals surface area contributed by atoms with Crippen molar-refractivity contribution >= 4 is 0 Å². The molecular formula is C9H20N2. The Hall–Kier alpha value is -0.0800. The molecule has 0 unspecified atom stereocenters. The van der Waals surface area contributed by atoms with E-state index < -0.39 is 0 Å². The van der Waals surface area contributed by atoms with Gasteiger partial charge in [0, 0.05) is 19.1 Å². The first-order chi connectivity index (χ1) is 4.99. The molecule has 0 aromatic heterocycles. The van der Waals surface area contributed by atoms with Crippen LogP contribution in [-0.4, -0.2) is 30.6 Å². The van der Waals surface area contributed by atoms with Gasteiger partial charge < -0.3 is 10.6 Å². The summed E-state index contributed by atoms with van der Waals surface area (Å²) in [6.45, 7) is 10.2. The highest BCUT2D eigenvalue weighted by molar-refractivity contribution is 4.83. The second-order valence-corrected chi connectivity index (χ2v) is 4.63. The van der Waals surface area contributed by atoms with E-state index in [9.17, 15) is 0 Å². The topological polar surface area (TPSA) is 29.3 Å². The molecule has 0 spiro atoms. The lowest BCUT2D eigenvalue weighted by Crippen LogP contribution is -2.34. The predicted molar refractivity (Wildman–Crippen MR) is 48.5 cm³/mol. The van der Waals surface area contributed by atoms with Gasteiger partial charge in [-0.15, -0.1) is 0 Å². The minimum atomic E-state index is 0.323. The summed E-state index contributed by atoms with van der Waals surface area (Å²) < 4.78 is 0. The van der Waals surface area contributed by atoms with Gasteiger partial charge in [-0.25, -0.2) is 0 Å². The fraction of sp³-hybridized carbons (Fsp3) is 1.00. The van der Waals surface area contributed by atoms with Crippen LogP contribution in [0.3, 0.4) is 0 Å². The number of hydrogen-bond donors (Lipinski definition) is 1. The normalized spacial score (nSPS) is 27.3. The lowest BCUT2D eigenvalue weighted by Gasteiger charge is -2.20. The van der Waals surface area contributed by atoms with Crippen LogP contribution in [0.15, 0.2) is 0 Å². The maximum Gasteiger partial charge on any atom is 0.0139 e. The molecule has 0 aromatic rings. The summed E-state index contributed by atoms with van der Waals surface area (Å²) in [6.07, 6.45) is 1.32. The van der Waals surface area contributed by atoms with E-state index in [0.717, 1.165) is 6.54 Å². The molecule has 1 atom stereocenters. The second-order valence-electron chi connectivity index (χ2n) is 4.63. The Morgan fingerprint density at radius 2 is 2.18 bits per heavy atom. The maximum absolute atomic E-state index is 5.72. The van der Waals surface area contributed by atoms with Crippen LogP contribution in [0.2, 0.25) is 0 Å². The Kier molecular flexibility index (Phi) is 2.55. The molecule has 1 rings (SSSR count). The lowest BCUT2D eigenvalue weighted by atomic mass is 9.93. The summed E-state index contributed by atoms with van der Waals surface area (Å²) in [7, 11) is 0. The van der Waals surface area contributed by atoms with Crippen molar-refractivity contribution in [3.05, 3.63) is 0 Å². The zero-order valence-corrected chi connectivity index (χ0v) is 7.93. The van der Waals surface area contributed by atoms with Gasteiger partial charge in [-0.05, 0) is 25.3 Å². The summed E-state index contributed by atoms with van der Waals surface area (Å²) in [5, 5.41) is 0. The van der Waals surface area contributed by atoms with Gasteiger partial charge in [0.05, 0.1) is 0 Å². The quantitative estimate of drug-likeness (QED) is 0.648. The van der Waals surface area contributed by atoms with Crippen molar-refractivity contribution < 1.29 is 0 Å². The third kappa shape index (κ3) is 2.80. The SMILES string of the molecule is C[C@@H](N)CN1CCC(C)(C)C1. The van der Waals surface area contributed by atoms with E-state index in [2.05, 4.69) is 25.7 Å². The van der Waals surface area contributed by atoms with Crippen LogP contribution in [0, 0.1) is 5.41 Å². The molecule has 2 heteroatoms. The summed E-state index contributed by atoms with van der Waals surface area (Å²) >= 11 is 0. The van der Waals surface area contributed by atoms with Crippen LogP contribution in [-0.2, 0) is 0 Å². The number of nitrogens with zero attached hydrogens (tertiary/aromatic N) is 1. The molecule has 0 saturated carbocycles. The molecular weight excluding hydrogens is 136 g/mol. The van der Waals surface area contributed by atoms with Crippen molar-refractivity contribution in [1.29, 1.82) is 0 Å². The van der Waals surface area contributed by atoms with Crippen LogP contribution in [0.25, 0.3) is 0 Å². The third-order valence-electron chi connectivity index (χ3n) is 2.30. The van der Waals surface area contributed by atoms with Gasteiger partial charge in [-0.3, -0.25) is 0 Å². The largest absolute Gasteiger partial charge is 0.327 e. The highest BCUT2D eigenvalue weighted by atomic mass is 15.2. The van der Waals surface area contributed by atoms with Gasteiger partial charge in [0.1, 0.15) is 0 Å². The number of likely N-dealkylation sites (tertiary alicyclic amines) is 1. The molecule has 1 saturated heterocycles. The fourth-order valence-corrected chi connectivity index (χ4v) is 1.79. The average Bonchev–Trinajstić information content (AvgIpc) is 2.08. The highest BCUT2D eigenvalue weighted by Crippen LogP contribution is 2.28. The van der Waals surface area contributed by atoms with Gasteiger partial charge in [-0.2, -0.15) is 0 Å². The maximum atomic E-state index is 5.72. The molecule has 11 heavy (non-hydrogen) atoms. The summed E-state index contributed by atoms with van der Waals surface area (Å²) in [5.74, 6) is 0. The molecule has 66 valence electrons. The molecule has 2 N–H and O–H groups in total.